The lowest BCUT2D eigenvalue weighted by molar-refractivity contribution is -0.128. The van der Waals surface area contributed by atoms with Gasteiger partial charge in [-0.15, -0.1) is 0 Å². The molecule has 1 aromatic rings. The third-order valence-electron chi connectivity index (χ3n) is 4.41. The van der Waals surface area contributed by atoms with Gasteiger partial charge < -0.3 is 16.0 Å². The van der Waals surface area contributed by atoms with Gasteiger partial charge in [-0.3, -0.25) is 9.69 Å². The number of nitrogens with one attached hydrogen (secondary N) is 1. The fourth-order valence-electron chi connectivity index (χ4n) is 2.95. The van der Waals surface area contributed by atoms with Crippen LogP contribution in [0.5, 0.6) is 0 Å². The Balaban J connectivity index is 2.03. The van der Waals surface area contributed by atoms with Crippen LogP contribution in [-0.4, -0.2) is 55.0 Å². The predicted octanol–water partition coefficient (Wildman–Crippen LogP) is 1.73. The molecular weight excluding hydrogens is 314 g/mol. The van der Waals surface area contributed by atoms with Gasteiger partial charge in [0.1, 0.15) is 11.6 Å². The van der Waals surface area contributed by atoms with Crippen LogP contribution in [0.3, 0.4) is 0 Å². The minimum absolute atomic E-state index is 0.130. The molecule has 1 aliphatic heterocycles. The van der Waals surface area contributed by atoms with Gasteiger partial charge in [-0.25, -0.2) is 0 Å². The molecule has 1 amide bonds. The summed E-state index contributed by atoms with van der Waals surface area (Å²) >= 11 is 0. The van der Waals surface area contributed by atoms with Crippen molar-refractivity contribution in [2.75, 3.05) is 44.6 Å². The molecule has 1 aromatic carbocycles. The number of para-hydroxylation sites is 1. The number of rotatable bonds is 6. The molecule has 0 atom stereocenters. The Morgan fingerprint density at radius 3 is 2.60 bits per heavy atom. The number of hydrogen-bond acceptors (Lipinski definition) is 5. The number of hydrogen-bond donors (Lipinski definition) is 2. The Bertz CT molecular complexity index is 654. The number of nitrogens with zero attached hydrogens (tertiary/aromatic N) is 3. The van der Waals surface area contributed by atoms with Gasteiger partial charge in [0.2, 0.25) is 0 Å². The maximum Gasteiger partial charge on any atom is 0.266 e. The van der Waals surface area contributed by atoms with Gasteiger partial charge in [0.15, 0.2) is 0 Å². The van der Waals surface area contributed by atoms with Crippen molar-refractivity contribution < 1.29 is 4.79 Å². The number of anilines is 1. The van der Waals surface area contributed by atoms with Crippen LogP contribution in [-0.2, 0) is 4.79 Å². The molecule has 0 radical (unpaired) electrons. The van der Waals surface area contributed by atoms with Crippen LogP contribution in [0.4, 0.5) is 5.69 Å². The monoisotopic (exact) mass is 341 g/mol. The largest absolute Gasteiger partial charge is 0.360 e. The molecule has 25 heavy (non-hydrogen) atoms. The number of carbonyl (C=O) groups excluding carboxylic acids is 1. The second-order valence-corrected chi connectivity index (χ2v) is 6.48. The molecule has 0 spiro atoms. The molecule has 0 aromatic heterocycles. The van der Waals surface area contributed by atoms with E-state index in [4.69, 9.17) is 5.73 Å². The van der Waals surface area contributed by atoms with Crippen LogP contribution in [0.25, 0.3) is 0 Å². The predicted molar refractivity (Wildman–Crippen MR) is 99.9 cm³/mol. The fraction of sp³-hybridized carbons (Fsp3) is 0.474. The van der Waals surface area contributed by atoms with Gasteiger partial charge in [0.05, 0.1) is 0 Å². The molecule has 134 valence electrons. The van der Waals surface area contributed by atoms with Gasteiger partial charge in [-0.05, 0) is 17.5 Å². The van der Waals surface area contributed by atoms with E-state index in [1.807, 2.05) is 30.3 Å². The highest BCUT2D eigenvalue weighted by molar-refractivity contribution is 5.97. The Morgan fingerprint density at radius 2 is 2.00 bits per heavy atom. The fourth-order valence-corrected chi connectivity index (χ4v) is 2.95. The van der Waals surface area contributed by atoms with E-state index in [1.54, 1.807) is 4.90 Å². The molecule has 0 saturated carbocycles. The zero-order chi connectivity index (χ0) is 18.2. The molecule has 6 heteroatoms. The smallest absolute Gasteiger partial charge is 0.266 e. The molecule has 1 aliphatic rings. The molecule has 1 saturated heterocycles. The molecule has 3 N–H and O–H groups in total. The summed E-state index contributed by atoms with van der Waals surface area (Å²) in [4.78, 5) is 16.6. The van der Waals surface area contributed by atoms with Crippen molar-refractivity contribution in [2.24, 2.45) is 5.73 Å². The van der Waals surface area contributed by atoms with Crippen LogP contribution in [0.2, 0.25) is 0 Å². The van der Waals surface area contributed by atoms with E-state index < -0.39 is 0 Å². The maximum absolute atomic E-state index is 12.6. The van der Waals surface area contributed by atoms with Gasteiger partial charge >= 0.3 is 0 Å². The van der Waals surface area contributed by atoms with Gasteiger partial charge in [0.25, 0.3) is 5.91 Å². The van der Waals surface area contributed by atoms with Crippen LogP contribution in [0, 0.1) is 11.3 Å². The number of nitriles is 1. The van der Waals surface area contributed by atoms with Crippen LogP contribution < -0.4 is 11.1 Å². The lowest BCUT2D eigenvalue weighted by atomic mass is 10.0. The molecule has 6 nitrogen and oxygen atoms in total. The van der Waals surface area contributed by atoms with E-state index in [9.17, 15) is 10.1 Å². The van der Waals surface area contributed by atoms with E-state index >= 15 is 0 Å². The summed E-state index contributed by atoms with van der Waals surface area (Å²) < 4.78 is 0. The van der Waals surface area contributed by atoms with E-state index in [0.29, 0.717) is 25.6 Å². The zero-order valence-electron chi connectivity index (χ0n) is 15.0. The topological polar surface area (TPSA) is 85.4 Å². The third-order valence-corrected chi connectivity index (χ3v) is 4.41. The van der Waals surface area contributed by atoms with Crippen LogP contribution in [0.1, 0.15) is 25.3 Å². The standard InChI is InChI=1S/C19H27N5O/c1-15(2)17-5-3-4-6-18(17)22-14-16(13-21)19(25)24-11-9-23(8-7-20)10-12-24/h3-6,14-15,22H,7-12,20H2,1-2H3/b16-14-. The minimum atomic E-state index is -0.218. The van der Waals surface area contributed by atoms with Gasteiger partial charge in [-0.1, -0.05) is 32.0 Å². The summed E-state index contributed by atoms with van der Waals surface area (Å²) in [6.45, 7) is 8.53. The van der Waals surface area contributed by atoms with Crippen LogP contribution in [0.15, 0.2) is 36.0 Å². The van der Waals surface area contributed by atoms with Crippen molar-refractivity contribution in [3.63, 3.8) is 0 Å². The first-order valence-corrected chi connectivity index (χ1v) is 8.74. The quantitative estimate of drug-likeness (QED) is 0.608. The van der Waals surface area contributed by atoms with Crippen molar-refractivity contribution in [3.05, 3.63) is 41.6 Å². The van der Waals surface area contributed by atoms with Gasteiger partial charge in [0, 0.05) is 51.2 Å². The molecule has 0 aliphatic carbocycles. The summed E-state index contributed by atoms with van der Waals surface area (Å²) in [5.41, 5.74) is 7.77. The number of nitrogens with two attached hydrogens (primary N) is 1. The Morgan fingerprint density at radius 1 is 1.32 bits per heavy atom. The summed E-state index contributed by atoms with van der Waals surface area (Å²) in [7, 11) is 0. The third kappa shape index (κ3) is 5.05. The van der Waals surface area contributed by atoms with Crippen molar-refractivity contribution in [1.82, 2.24) is 9.80 Å². The molecule has 0 unspecified atom stereocenters. The average molecular weight is 341 g/mol. The van der Waals surface area contributed by atoms with E-state index in [2.05, 4.69) is 24.1 Å². The molecule has 2 rings (SSSR count). The summed E-state index contributed by atoms with van der Waals surface area (Å²) in [6.07, 6.45) is 1.52. The van der Waals surface area contributed by atoms with Crippen molar-refractivity contribution in [3.8, 4) is 6.07 Å². The lowest BCUT2D eigenvalue weighted by Crippen LogP contribution is -2.50. The first kappa shape index (κ1) is 19.0. The summed E-state index contributed by atoms with van der Waals surface area (Å²) in [5, 5.41) is 12.5. The summed E-state index contributed by atoms with van der Waals surface area (Å²) in [6, 6.07) is 9.96. The number of benzene rings is 1. The maximum atomic E-state index is 12.6. The Hall–Kier alpha value is -2.36. The number of piperazine rings is 1. The highest BCUT2D eigenvalue weighted by Gasteiger charge is 2.23. The lowest BCUT2D eigenvalue weighted by Gasteiger charge is -2.34. The second-order valence-electron chi connectivity index (χ2n) is 6.48. The van der Waals surface area contributed by atoms with E-state index in [-0.39, 0.29) is 11.5 Å². The number of amides is 1. The second kappa shape index (κ2) is 9.21. The normalized spacial score (nSPS) is 16.0. The molecular formula is C19H27N5O. The first-order valence-electron chi connectivity index (χ1n) is 8.74. The Labute approximate surface area is 149 Å². The Kier molecular flexibility index (Phi) is 6.99. The van der Waals surface area contributed by atoms with E-state index in [1.165, 1.54) is 6.20 Å². The molecule has 0 bridgehead atoms. The summed E-state index contributed by atoms with van der Waals surface area (Å²) in [5.74, 6) is 0.137. The number of carbonyl (C=O) groups is 1. The van der Waals surface area contributed by atoms with Crippen LogP contribution >= 0.6 is 0 Å². The molecule has 1 heterocycles. The van der Waals surface area contributed by atoms with Gasteiger partial charge in [-0.2, -0.15) is 5.26 Å². The highest BCUT2D eigenvalue weighted by atomic mass is 16.2. The zero-order valence-corrected chi connectivity index (χ0v) is 15.0. The van der Waals surface area contributed by atoms with Crippen molar-refractivity contribution >= 4 is 11.6 Å². The average Bonchev–Trinajstić information content (AvgIpc) is 2.63. The van der Waals surface area contributed by atoms with Crippen molar-refractivity contribution in [2.45, 2.75) is 19.8 Å². The SMILES string of the molecule is CC(C)c1ccccc1N/C=C(/C#N)C(=O)N1CCN(CCN)CC1. The van der Waals surface area contributed by atoms with E-state index in [0.717, 1.165) is 30.9 Å². The van der Waals surface area contributed by atoms with Crippen molar-refractivity contribution in [1.29, 1.82) is 5.26 Å². The first-order chi connectivity index (χ1) is 12.1. The molecule has 1 fully saturated rings. The minimum Gasteiger partial charge on any atom is -0.360 e. The highest BCUT2D eigenvalue weighted by Crippen LogP contribution is 2.23.